The number of hydrogen-bond donors (Lipinski definition) is 0. The first kappa shape index (κ1) is 29.7. The lowest BCUT2D eigenvalue weighted by molar-refractivity contribution is -2.00. The molecular weight excluding hydrogens is 480 g/mol. The molecule has 36 heavy (non-hydrogen) atoms. The molecule has 0 aliphatic carbocycles. The third-order valence-electron chi connectivity index (χ3n) is 6.13. The minimum atomic E-state index is -4.94. The maximum absolute atomic E-state index is 12.5. The van der Waals surface area contributed by atoms with Crippen molar-refractivity contribution in [2.75, 3.05) is 0 Å². The third kappa shape index (κ3) is 7.02. The van der Waals surface area contributed by atoms with Crippen molar-refractivity contribution in [3.63, 3.8) is 0 Å². The highest BCUT2D eigenvalue weighted by Gasteiger charge is 2.29. The molecule has 0 fully saturated rings. The second-order valence-corrected chi connectivity index (χ2v) is 10.8. The number of carbonyl (C=O) groups is 1. The Morgan fingerprint density at radius 2 is 1.08 bits per heavy atom. The minimum absolute atomic E-state index is 0.359. The van der Waals surface area contributed by atoms with Crippen molar-refractivity contribution in [3.05, 3.63) is 76.9 Å². The summed E-state index contributed by atoms with van der Waals surface area (Å²) in [6.07, 6.45) is 5.11. The van der Waals surface area contributed by atoms with E-state index >= 15 is 0 Å². The van der Waals surface area contributed by atoms with Crippen LogP contribution in [0, 0.1) is 10.2 Å². The van der Waals surface area contributed by atoms with E-state index in [-0.39, 0.29) is 0 Å². The molecule has 8 heteroatoms. The molecule has 196 valence electrons. The minimum Gasteiger partial charge on any atom is -0.289 e. The average molecular weight is 517 g/mol. The van der Waals surface area contributed by atoms with E-state index in [2.05, 4.69) is 113 Å². The van der Waals surface area contributed by atoms with Gasteiger partial charge in [-0.1, -0.05) is 91.8 Å². The number of nitrogens with zero attached hydrogens (tertiary/aromatic N) is 2. The van der Waals surface area contributed by atoms with E-state index in [0.717, 1.165) is 17.7 Å². The highest BCUT2D eigenvalue weighted by atomic mass is 35.7. The van der Waals surface area contributed by atoms with Crippen LogP contribution in [0.15, 0.2) is 48.8 Å². The van der Waals surface area contributed by atoms with E-state index in [9.17, 15) is 4.79 Å². The molecule has 0 atom stereocenters. The Hall–Kier alpha value is -2.55. The third-order valence-corrected chi connectivity index (χ3v) is 6.13. The zero-order chi connectivity index (χ0) is 27.4. The maximum atomic E-state index is 12.5. The Kier molecular flexibility index (Phi) is 10.00. The van der Waals surface area contributed by atoms with Crippen molar-refractivity contribution in [3.8, 4) is 11.4 Å². The molecule has 1 heterocycles. The quantitative estimate of drug-likeness (QED) is 0.352. The van der Waals surface area contributed by atoms with Crippen LogP contribution in [0.3, 0.4) is 0 Å². The number of aromatic nitrogens is 2. The summed E-state index contributed by atoms with van der Waals surface area (Å²) < 4.78 is 38.2. The van der Waals surface area contributed by atoms with Crippen LogP contribution >= 0.6 is 0 Å². The molecule has 3 aromatic rings. The highest BCUT2D eigenvalue weighted by molar-refractivity contribution is 5.70. The first-order valence-electron chi connectivity index (χ1n) is 12.1. The van der Waals surface area contributed by atoms with E-state index < -0.39 is 10.2 Å². The van der Waals surface area contributed by atoms with Crippen LogP contribution in [0.5, 0.6) is 0 Å². The zero-order valence-corrected chi connectivity index (χ0v) is 23.1. The first-order valence-corrected chi connectivity index (χ1v) is 13.4. The largest absolute Gasteiger partial charge is 0.332 e. The monoisotopic (exact) mass is 516 g/mol. The molecule has 2 aromatic carbocycles. The van der Waals surface area contributed by atoms with Gasteiger partial charge in [-0.25, -0.2) is 18.6 Å². The number of benzene rings is 2. The van der Waals surface area contributed by atoms with Crippen molar-refractivity contribution in [1.82, 2.24) is 4.57 Å². The maximum Gasteiger partial charge on any atom is 0.332 e. The molecule has 0 unspecified atom stereocenters. The van der Waals surface area contributed by atoms with E-state index in [1.807, 2.05) is 0 Å². The molecule has 0 aliphatic rings. The van der Waals surface area contributed by atoms with Gasteiger partial charge >= 0.3 is 5.82 Å². The van der Waals surface area contributed by atoms with Crippen LogP contribution in [0.2, 0.25) is 0 Å². The molecule has 0 saturated carbocycles. The average Bonchev–Trinajstić information content (AvgIpc) is 3.19. The first-order chi connectivity index (χ1) is 16.7. The Balaban J connectivity index is 0.000000830. The summed E-state index contributed by atoms with van der Waals surface area (Å²) >= 11 is 0. The SMILES string of the molecule is CC(C)c1cccc(C(C)C)c1-n1cc[n+](-c2c(C(C)C)cccc2C(C)C)c1C=O.[O-][Cl+3]([O-])([O-])[O-]. The molecule has 0 saturated heterocycles. The second kappa shape index (κ2) is 12.1. The molecular formula is C28H37ClN2O5. The van der Waals surface area contributed by atoms with Crippen LogP contribution < -0.4 is 23.2 Å². The van der Waals surface area contributed by atoms with Crippen LogP contribution in [-0.4, -0.2) is 10.9 Å². The molecule has 3 rings (SSSR count). The predicted octanol–water partition coefficient (Wildman–Crippen LogP) is 2.30. The van der Waals surface area contributed by atoms with Crippen LogP contribution in [0.4, 0.5) is 0 Å². The molecule has 0 amide bonds. The standard InChI is InChI=1S/C28H37N2O.ClHO4/c1-18(2)22-11-9-12-23(19(3)4)27(22)29-15-16-30(26(29)17-31)28-24(20(5)6)13-10-14-25(28)21(7)8;2-1(3,4)5/h9-21H,1-8H3;(H,2,3,4,5)/q+1;/p-1. The number of carbonyl (C=O) groups excluding carboxylic acids is 1. The van der Waals surface area contributed by atoms with Gasteiger partial charge in [0.1, 0.15) is 23.8 Å². The summed E-state index contributed by atoms with van der Waals surface area (Å²) in [5.41, 5.74) is 7.33. The summed E-state index contributed by atoms with van der Waals surface area (Å²) in [5, 5.41) is 0. The molecule has 0 spiro atoms. The Bertz CT molecular complexity index is 1040. The van der Waals surface area contributed by atoms with Gasteiger partial charge in [-0.2, -0.15) is 9.13 Å². The highest BCUT2D eigenvalue weighted by Crippen LogP contribution is 2.33. The summed E-state index contributed by atoms with van der Waals surface area (Å²) in [7, 11) is -4.94. The van der Waals surface area contributed by atoms with Gasteiger partial charge in [0.25, 0.3) is 0 Å². The van der Waals surface area contributed by atoms with Gasteiger partial charge in [-0.15, -0.1) is 10.2 Å². The summed E-state index contributed by atoms with van der Waals surface area (Å²) in [5.74, 6) is 2.10. The van der Waals surface area contributed by atoms with E-state index in [1.54, 1.807) is 0 Å². The van der Waals surface area contributed by atoms with Crippen LogP contribution in [0.25, 0.3) is 11.4 Å². The van der Waals surface area contributed by atoms with Crippen molar-refractivity contribution in [2.24, 2.45) is 0 Å². The van der Waals surface area contributed by atoms with Crippen LogP contribution in [0.1, 0.15) is 112 Å². The number of imidazole rings is 1. The summed E-state index contributed by atoms with van der Waals surface area (Å²) in [4.78, 5) is 12.5. The normalized spacial score (nSPS) is 11.9. The lowest BCUT2D eigenvalue weighted by Gasteiger charge is -2.18. The lowest BCUT2D eigenvalue weighted by atomic mass is 9.92. The number of para-hydroxylation sites is 2. The van der Waals surface area contributed by atoms with Gasteiger partial charge in [0.2, 0.25) is 6.29 Å². The second-order valence-electron chi connectivity index (χ2n) is 10.1. The fraction of sp³-hybridized carbons (Fsp3) is 0.429. The topological polar surface area (TPSA) is 118 Å². The van der Waals surface area contributed by atoms with Crippen molar-refractivity contribution < 1.29 is 38.2 Å². The number of hydrogen-bond acceptors (Lipinski definition) is 5. The Morgan fingerprint density at radius 1 is 0.722 bits per heavy atom. The molecule has 1 aromatic heterocycles. The van der Waals surface area contributed by atoms with Gasteiger partial charge in [0.05, 0.1) is 0 Å². The summed E-state index contributed by atoms with van der Waals surface area (Å²) in [6, 6.07) is 13.0. The van der Waals surface area contributed by atoms with Gasteiger partial charge in [0.15, 0.2) is 0 Å². The fourth-order valence-corrected chi connectivity index (χ4v) is 4.47. The lowest BCUT2D eigenvalue weighted by Crippen LogP contribution is -2.68. The molecule has 7 nitrogen and oxygen atoms in total. The van der Waals surface area contributed by atoms with Gasteiger partial charge in [0, 0.05) is 22.3 Å². The smallest absolute Gasteiger partial charge is 0.289 e. The fourth-order valence-electron chi connectivity index (χ4n) is 4.47. The van der Waals surface area contributed by atoms with E-state index in [4.69, 9.17) is 18.6 Å². The molecule has 0 radical (unpaired) electrons. The zero-order valence-electron chi connectivity index (χ0n) is 22.3. The van der Waals surface area contributed by atoms with Crippen molar-refractivity contribution in [2.45, 2.75) is 79.1 Å². The predicted molar refractivity (Wildman–Crippen MR) is 129 cm³/mol. The van der Waals surface area contributed by atoms with E-state index in [0.29, 0.717) is 29.5 Å². The number of aldehydes is 1. The molecule has 0 N–H and O–H groups in total. The van der Waals surface area contributed by atoms with Gasteiger partial charge < -0.3 is 0 Å². The van der Waals surface area contributed by atoms with Gasteiger partial charge in [-0.3, -0.25) is 4.79 Å². The Morgan fingerprint density at radius 3 is 1.42 bits per heavy atom. The Labute approximate surface area is 216 Å². The number of halogens is 1. The van der Waals surface area contributed by atoms with Gasteiger partial charge in [-0.05, 0) is 23.7 Å². The molecule has 0 aliphatic heterocycles. The summed E-state index contributed by atoms with van der Waals surface area (Å²) in [6.45, 7) is 17.7. The molecule has 0 bridgehead atoms. The number of rotatable bonds is 7. The van der Waals surface area contributed by atoms with E-state index in [1.165, 1.54) is 22.3 Å². The van der Waals surface area contributed by atoms with Crippen molar-refractivity contribution >= 4 is 6.29 Å². The van der Waals surface area contributed by atoms with Crippen molar-refractivity contribution in [1.29, 1.82) is 0 Å². The van der Waals surface area contributed by atoms with Crippen LogP contribution in [-0.2, 0) is 0 Å².